The minimum atomic E-state index is 0.272. The molecule has 7 heteroatoms. The monoisotopic (exact) mass is 300 g/mol. The number of hydrogen-bond donors (Lipinski definition) is 1. The van der Waals surface area contributed by atoms with Crippen molar-refractivity contribution >= 4 is 17.2 Å². The van der Waals surface area contributed by atoms with Gasteiger partial charge in [-0.2, -0.15) is 0 Å². The molecule has 0 radical (unpaired) electrons. The van der Waals surface area contributed by atoms with Crippen LogP contribution < -0.4 is 5.73 Å². The number of anilines is 1. The van der Waals surface area contributed by atoms with Crippen molar-refractivity contribution in [2.45, 2.75) is 26.3 Å². The molecule has 0 bridgehead atoms. The van der Waals surface area contributed by atoms with E-state index in [4.69, 9.17) is 5.73 Å². The van der Waals surface area contributed by atoms with Crippen LogP contribution >= 0.6 is 11.3 Å². The van der Waals surface area contributed by atoms with Crippen molar-refractivity contribution < 1.29 is 0 Å². The largest absolute Gasteiger partial charge is 0.381 e. The van der Waals surface area contributed by atoms with Gasteiger partial charge in [-0.05, 0) is 18.1 Å². The number of rotatable bonds is 4. The first-order chi connectivity index (χ1) is 10.1. The van der Waals surface area contributed by atoms with E-state index in [2.05, 4.69) is 34.1 Å². The van der Waals surface area contributed by atoms with Crippen LogP contribution in [0.5, 0.6) is 0 Å². The van der Waals surface area contributed by atoms with E-state index in [0.717, 1.165) is 22.1 Å². The molecule has 0 saturated carbocycles. The third-order valence-electron chi connectivity index (χ3n) is 3.10. The van der Waals surface area contributed by atoms with Gasteiger partial charge in [0.15, 0.2) is 5.82 Å². The summed E-state index contributed by atoms with van der Waals surface area (Å²) in [6, 6.07) is 5.80. The Balaban J connectivity index is 1.85. The first-order valence-corrected chi connectivity index (χ1v) is 7.57. The summed E-state index contributed by atoms with van der Waals surface area (Å²) in [5.41, 5.74) is 8.64. The highest BCUT2D eigenvalue weighted by Crippen LogP contribution is 2.24. The van der Waals surface area contributed by atoms with Crippen LogP contribution in [0, 0.1) is 0 Å². The summed E-state index contributed by atoms with van der Waals surface area (Å²) in [5, 5.41) is 11.0. The molecule has 0 atom stereocenters. The lowest BCUT2D eigenvalue weighted by molar-refractivity contribution is 0.592. The second-order valence-corrected chi connectivity index (χ2v) is 5.89. The molecule has 0 aromatic carbocycles. The van der Waals surface area contributed by atoms with E-state index in [1.54, 1.807) is 17.5 Å². The lowest BCUT2D eigenvalue weighted by atomic mass is 10.1. The molecule has 0 unspecified atom stereocenters. The summed E-state index contributed by atoms with van der Waals surface area (Å²) < 4.78 is 1.82. The number of nitrogens with zero attached hydrogens (tertiary/aromatic N) is 5. The quantitative estimate of drug-likeness (QED) is 0.800. The summed E-state index contributed by atoms with van der Waals surface area (Å²) in [6.07, 6.45) is 1.77. The summed E-state index contributed by atoms with van der Waals surface area (Å²) >= 11 is 1.58. The van der Waals surface area contributed by atoms with E-state index in [-0.39, 0.29) is 5.92 Å². The van der Waals surface area contributed by atoms with Gasteiger partial charge in [0.25, 0.3) is 0 Å². The second kappa shape index (κ2) is 5.61. The third kappa shape index (κ3) is 2.78. The minimum absolute atomic E-state index is 0.272. The molecule has 0 aliphatic carbocycles. The number of aromatic nitrogens is 5. The molecule has 0 spiro atoms. The van der Waals surface area contributed by atoms with Gasteiger partial charge in [0, 0.05) is 11.6 Å². The molecule has 108 valence electrons. The maximum Gasteiger partial charge on any atom is 0.169 e. The molecule has 3 heterocycles. The smallest absolute Gasteiger partial charge is 0.169 e. The van der Waals surface area contributed by atoms with Gasteiger partial charge in [0.1, 0.15) is 5.01 Å². The summed E-state index contributed by atoms with van der Waals surface area (Å²) in [5.74, 6) is 0.763. The Bertz CT molecular complexity index is 731. The molecular weight excluding hydrogens is 284 g/mol. The number of pyridine rings is 1. The van der Waals surface area contributed by atoms with Crippen LogP contribution in [0.15, 0.2) is 29.8 Å². The van der Waals surface area contributed by atoms with Gasteiger partial charge in [0.2, 0.25) is 0 Å². The average molecular weight is 300 g/mol. The van der Waals surface area contributed by atoms with Gasteiger partial charge in [-0.25, -0.2) is 9.67 Å². The standard InChI is InChI=1S/C14H16N6S/c1-9(2)12-13(15)18-19-20(12)7-10-8-21-14(17-10)11-5-3-4-6-16-11/h3-6,8-9H,7,15H2,1-2H3. The fourth-order valence-electron chi connectivity index (χ4n) is 2.18. The van der Waals surface area contributed by atoms with Crippen molar-refractivity contribution in [3.63, 3.8) is 0 Å². The van der Waals surface area contributed by atoms with E-state index in [9.17, 15) is 0 Å². The molecule has 6 nitrogen and oxygen atoms in total. The average Bonchev–Trinajstić information content (AvgIpc) is 3.07. The molecule has 3 aromatic heterocycles. The van der Waals surface area contributed by atoms with Crippen molar-refractivity contribution in [1.82, 2.24) is 25.0 Å². The van der Waals surface area contributed by atoms with Gasteiger partial charge in [-0.3, -0.25) is 4.98 Å². The maximum absolute atomic E-state index is 5.87. The van der Waals surface area contributed by atoms with Crippen molar-refractivity contribution in [1.29, 1.82) is 0 Å². The highest BCUT2D eigenvalue weighted by Gasteiger charge is 2.15. The number of nitrogens with two attached hydrogens (primary N) is 1. The number of thiazole rings is 1. The fraction of sp³-hybridized carbons (Fsp3) is 0.286. The molecule has 3 rings (SSSR count). The molecule has 2 N–H and O–H groups in total. The van der Waals surface area contributed by atoms with E-state index >= 15 is 0 Å². The van der Waals surface area contributed by atoms with Crippen LogP contribution in [-0.2, 0) is 6.54 Å². The highest BCUT2D eigenvalue weighted by molar-refractivity contribution is 7.13. The molecule has 0 aliphatic rings. The van der Waals surface area contributed by atoms with Gasteiger partial charge in [-0.1, -0.05) is 25.1 Å². The minimum Gasteiger partial charge on any atom is -0.381 e. The molecule has 0 aliphatic heterocycles. The van der Waals surface area contributed by atoms with Crippen molar-refractivity contribution in [2.75, 3.05) is 5.73 Å². The Morgan fingerprint density at radius 1 is 1.33 bits per heavy atom. The van der Waals surface area contributed by atoms with E-state index < -0.39 is 0 Å². The Hall–Kier alpha value is -2.28. The zero-order chi connectivity index (χ0) is 14.8. The molecule has 3 aromatic rings. The molecule has 0 saturated heterocycles. The van der Waals surface area contributed by atoms with Crippen LogP contribution in [0.25, 0.3) is 10.7 Å². The summed E-state index contributed by atoms with van der Waals surface area (Å²) in [6.45, 7) is 4.72. The topological polar surface area (TPSA) is 82.5 Å². The zero-order valence-electron chi connectivity index (χ0n) is 11.9. The molecule has 0 amide bonds. The summed E-state index contributed by atoms with van der Waals surface area (Å²) in [4.78, 5) is 8.92. The van der Waals surface area contributed by atoms with Gasteiger partial charge < -0.3 is 5.73 Å². The predicted octanol–water partition coefficient (Wildman–Crippen LogP) is 2.55. The lowest BCUT2D eigenvalue weighted by Crippen LogP contribution is -2.09. The SMILES string of the molecule is CC(C)c1c(N)nnn1Cc1csc(-c2ccccn2)n1. The van der Waals surface area contributed by atoms with Crippen LogP contribution in [-0.4, -0.2) is 25.0 Å². The van der Waals surface area contributed by atoms with Crippen LogP contribution in [0.2, 0.25) is 0 Å². The fourth-order valence-corrected chi connectivity index (χ4v) is 2.97. The van der Waals surface area contributed by atoms with Gasteiger partial charge >= 0.3 is 0 Å². The number of hydrogen-bond acceptors (Lipinski definition) is 6. The highest BCUT2D eigenvalue weighted by atomic mass is 32.1. The van der Waals surface area contributed by atoms with Crippen LogP contribution in [0.1, 0.15) is 31.2 Å². The Morgan fingerprint density at radius 3 is 2.90 bits per heavy atom. The van der Waals surface area contributed by atoms with E-state index in [0.29, 0.717) is 12.4 Å². The molecule has 21 heavy (non-hydrogen) atoms. The van der Waals surface area contributed by atoms with Crippen molar-refractivity contribution in [2.24, 2.45) is 0 Å². The van der Waals surface area contributed by atoms with Gasteiger partial charge in [-0.15, -0.1) is 16.4 Å². The van der Waals surface area contributed by atoms with Crippen molar-refractivity contribution in [3.05, 3.63) is 41.2 Å². The van der Waals surface area contributed by atoms with Crippen LogP contribution in [0.3, 0.4) is 0 Å². The van der Waals surface area contributed by atoms with E-state index in [1.807, 2.05) is 28.3 Å². The Morgan fingerprint density at radius 2 is 2.19 bits per heavy atom. The summed E-state index contributed by atoms with van der Waals surface area (Å²) in [7, 11) is 0. The lowest BCUT2D eigenvalue weighted by Gasteiger charge is -2.08. The first-order valence-electron chi connectivity index (χ1n) is 6.70. The third-order valence-corrected chi connectivity index (χ3v) is 4.01. The van der Waals surface area contributed by atoms with Crippen molar-refractivity contribution in [3.8, 4) is 10.7 Å². The normalized spacial score (nSPS) is 11.2. The maximum atomic E-state index is 5.87. The second-order valence-electron chi connectivity index (χ2n) is 5.03. The Labute approximate surface area is 126 Å². The zero-order valence-corrected chi connectivity index (χ0v) is 12.7. The van der Waals surface area contributed by atoms with Crippen LogP contribution in [0.4, 0.5) is 5.82 Å². The number of nitrogen functional groups attached to an aromatic ring is 1. The Kier molecular flexibility index (Phi) is 3.66. The molecule has 0 fully saturated rings. The molecular formula is C14H16N6S. The van der Waals surface area contributed by atoms with E-state index in [1.165, 1.54) is 0 Å². The predicted molar refractivity (Wildman–Crippen MR) is 83.0 cm³/mol. The first kappa shape index (κ1) is 13.7. The van der Waals surface area contributed by atoms with Gasteiger partial charge in [0.05, 0.1) is 23.6 Å².